The summed E-state index contributed by atoms with van der Waals surface area (Å²) in [5.41, 5.74) is -7.26. The molecule has 0 saturated heterocycles. The molecule has 131 valence electrons. The van der Waals surface area contributed by atoms with Crippen LogP contribution in [0.3, 0.4) is 0 Å². The Labute approximate surface area is 124 Å². The van der Waals surface area contributed by atoms with E-state index in [0.717, 1.165) is 0 Å². The van der Waals surface area contributed by atoms with Gasteiger partial charge in [0.1, 0.15) is 0 Å². The summed E-state index contributed by atoms with van der Waals surface area (Å²) in [5.74, 6) is 0. The van der Waals surface area contributed by atoms with E-state index in [-0.39, 0.29) is 25.0 Å². The first-order chi connectivity index (χ1) is 10.3. The summed E-state index contributed by atoms with van der Waals surface area (Å²) in [7, 11) is 0. The lowest BCUT2D eigenvalue weighted by molar-refractivity contribution is -0.149. The van der Waals surface area contributed by atoms with Crippen LogP contribution in [-0.4, -0.2) is 6.61 Å². The molecule has 0 aromatic heterocycles. The molecule has 10 heteroatoms. The molecule has 0 aliphatic heterocycles. The van der Waals surface area contributed by atoms with Crippen molar-refractivity contribution in [1.29, 1.82) is 0 Å². The third-order valence-electron chi connectivity index (χ3n) is 3.01. The molecule has 0 spiro atoms. The Morgan fingerprint density at radius 1 is 0.696 bits per heavy atom. The number of rotatable bonds is 4. The Hall–Kier alpha value is -1.45. The van der Waals surface area contributed by atoms with Crippen molar-refractivity contribution in [2.24, 2.45) is 0 Å². The molecule has 0 aliphatic rings. The molecule has 0 bridgehead atoms. The van der Waals surface area contributed by atoms with Crippen LogP contribution >= 0.6 is 0 Å². The summed E-state index contributed by atoms with van der Waals surface area (Å²) in [4.78, 5) is 0. The molecule has 0 unspecified atom stereocenters. The average Bonchev–Trinajstić information content (AvgIpc) is 2.35. The lowest BCUT2D eigenvalue weighted by atomic mass is 9.92. The molecule has 0 aliphatic carbocycles. The topological polar surface area (TPSA) is 19.9 Å². The van der Waals surface area contributed by atoms with Crippen molar-refractivity contribution in [2.75, 3.05) is 6.61 Å². The van der Waals surface area contributed by atoms with E-state index in [9.17, 15) is 44.6 Å². The normalized spacial score (nSPS) is 13.5. The third-order valence-corrected chi connectivity index (χ3v) is 3.01. The van der Waals surface area contributed by atoms with Crippen LogP contribution in [0.1, 0.15) is 35.1 Å². The molecule has 1 rings (SSSR count). The predicted molar refractivity (Wildman–Crippen MR) is 59.9 cm³/mol. The molecule has 0 saturated carbocycles. The van der Waals surface area contributed by atoms with E-state index in [4.69, 9.17) is 0 Å². The zero-order valence-corrected chi connectivity index (χ0v) is 11.3. The maximum absolute atomic E-state index is 12.9. The maximum atomic E-state index is 12.9. The molecule has 23 heavy (non-hydrogen) atoms. The molecule has 1 nitrogen and oxygen atoms in total. The van der Waals surface area contributed by atoms with Crippen LogP contribution in [0.2, 0.25) is 0 Å². The van der Waals surface area contributed by atoms with Gasteiger partial charge in [-0.2, -0.15) is 39.5 Å². The first-order valence-corrected chi connectivity index (χ1v) is 6.25. The highest BCUT2D eigenvalue weighted by Gasteiger charge is 2.44. The average molecular weight is 353 g/mol. The lowest BCUT2D eigenvalue weighted by Gasteiger charge is -2.21. The van der Waals surface area contributed by atoms with Crippen LogP contribution in [0.4, 0.5) is 39.5 Å². The molecule has 1 aromatic carbocycles. The fourth-order valence-electron chi connectivity index (χ4n) is 2.01. The summed E-state index contributed by atoms with van der Waals surface area (Å²) >= 11 is 0. The minimum absolute atomic E-state index is 0.185. The van der Waals surface area contributed by atoms with E-state index >= 15 is 0 Å². The number of hydrogen-bond acceptors (Lipinski definition) is 0. The fraction of sp³-hybridized carbons (Fsp3) is 0.538. The first-order valence-electron chi connectivity index (χ1n) is 6.25. The second kappa shape index (κ2) is 6.58. The van der Waals surface area contributed by atoms with Crippen LogP contribution in [0.15, 0.2) is 12.1 Å². The zero-order chi connectivity index (χ0) is 18.1. The number of alkyl halides is 9. The van der Waals surface area contributed by atoms with E-state index in [1.165, 1.54) is 0 Å². The van der Waals surface area contributed by atoms with Crippen LogP contribution < -0.4 is 0 Å². The van der Waals surface area contributed by atoms with E-state index in [1.807, 2.05) is 0 Å². The van der Waals surface area contributed by atoms with Gasteiger partial charge in [-0.3, -0.25) is 0 Å². The molecule has 1 radical (unpaired) electrons. The maximum Gasteiger partial charge on any atom is 0.416 e. The van der Waals surface area contributed by atoms with Gasteiger partial charge in [0, 0.05) is 0 Å². The van der Waals surface area contributed by atoms with Crippen LogP contribution in [0.25, 0.3) is 0 Å². The van der Waals surface area contributed by atoms with Gasteiger partial charge in [0.15, 0.2) is 0 Å². The Kier molecular flexibility index (Phi) is 5.61. The molecular weight excluding hydrogens is 343 g/mol. The van der Waals surface area contributed by atoms with Crippen molar-refractivity contribution in [1.82, 2.24) is 0 Å². The minimum atomic E-state index is -5.38. The van der Waals surface area contributed by atoms with E-state index in [0.29, 0.717) is 0 Å². The van der Waals surface area contributed by atoms with Crippen molar-refractivity contribution in [3.8, 4) is 0 Å². The molecular formula is C13H10F9O. The molecule has 0 fully saturated rings. The van der Waals surface area contributed by atoms with Crippen molar-refractivity contribution < 1.29 is 44.6 Å². The lowest BCUT2D eigenvalue weighted by Crippen LogP contribution is -2.20. The highest BCUT2D eigenvalue weighted by molar-refractivity contribution is 5.43. The van der Waals surface area contributed by atoms with Gasteiger partial charge in [-0.15, -0.1) is 0 Å². The van der Waals surface area contributed by atoms with Gasteiger partial charge in [0.05, 0.1) is 23.3 Å². The van der Waals surface area contributed by atoms with Crippen LogP contribution in [-0.2, 0) is 30.1 Å². The van der Waals surface area contributed by atoms with E-state index in [1.54, 1.807) is 0 Å². The second-order valence-electron chi connectivity index (χ2n) is 4.70. The largest absolute Gasteiger partial charge is 0.416 e. The zero-order valence-electron chi connectivity index (χ0n) is 11.3. The highest BCUT2D eigenvalue weighted by atomic mass is 19.4. The summed E-state index contributed by atoms with van der Waals surface area (Å²) in [6.45, 7) is -0.705. The van der Waals surface area contributed by atoms with E-state index < -0.39 is 53.8 Å². The molecule has 0 heterocycles. The summed E-state index contributed by atoms with van der Waals surface area (Å²) in [6, 6.07) is -0.663. The Morgan fingerprint density at radius 3 is 1.43 bits per heavy atom. The van der Waals surface area contributed by atoms with Crippen molar-refractivity contribution in [3.05, 3.63) is 34.4 Å². The number of benzene rings is 1. The number of halogens is 9. The smallest absolute Gasteiger partial charge is 0.237 e. The molecule has 0 N–H and O–H groups in total. The molecule has 0 atom stereocenters. The van der Waals surface area contributed by atoms with Crippen LogP contribution in [0.5, 0.6) is 0 Å². The van der Waals surface area contributed by atoms with Crippen molar-refractivity contribution in [2.45, 2.75) is 37.8 Å². The van der Waals surface area contributed by atoms with E-state index in [2.05, 4.69) is 0 Å². The van der Waals surface area contributed by atoms with Gasteiger partial charge in [-0.25, -0.2) is 5.11 Å². The third kappa shape index (κ3) is 5.02. The van der Waals surface area contributed by atoms with Gasteiger partial charge in [0.25, 0.3) is 0 Å². The quantitative estimate of drug-likeness (QED) is 0.503. The van der Waals surface area contributed by atoms with Crippen molar-refractivity contribution >= 4 is 0 Å². The second-order valence-corrected chi connectivity index (χ2v) is 4.70. The van der Waals surface area contributed by atoms with Gasteiger partial charge >= 0.3 is 18.5 Å². The first kappa shape index (κ1) is 19.6. The molecule has 0 amide bonds. The molecule has 1 aromatic rings. The monoisotopic (exact) mass is 353 g/mol. The van der Waals surface area contributed by atoms with Gasteiger partial charge < -0.3 is 0 Å². The Morgan fingerprint density at radius 2 is 1.13 bits per heavy atom. The van der Waals surface area contributed by atoms with Gasteiger partial charge in [-0.1, -0.05) is 0 Å². The SMILES string of the molecule is [O]CCCCc1c(C(F)(F)F)cc(C(F)(F)F)cc1C(F)(F)F. The fourth-order valence-corrected chi connectivity index (χ4v) is 2.01. The van der Waals surface area contributed by atoms with Gasteiger partial charge in [-0.05, 0) is 37.0 Å². The van der Waals surface area contributed by atoms with Crippen molar-refractivity contribution in [3.63, 3.8) is 0 Å². The summed E-state index contributed by atoms with van der Waals surface area (Å²) in [5, 5.41) is 10.3. The van der Waals surface area contributed by atoms with Crippen LogP contribution in [0, 0.1) is 0 Å². The standard InChI is InChI=1S/C13H10F9O/c14-11(15,16)7-5-9(12(17,18)19)8(3-1-2-4-23)10(6-7)13(20,21)22/h5-6H,1-4H2. The predicted octanol–water partition coefficient (Wildman–Crippen LogP) is 5.50. The van der Waals surface area contributed by atoms with Gasteiger partial charge in [0.2, 0.25) is 0 Å². The number of hydrogen-bond donors (Lipinski definition) is 0. The summed E-state index contributed by atoms with van der Waals surface area (Å²) in [6.07, 6.45) is -17.4. The minimum Gasteiger partial charge on any atom is -0.237 e. The Balaban J connectivity index is 3.61. The Bertz CT molecular complexity index is 505. The highest BCUT2D eigenvalue weighted by Crippen LogP contribution is 2.43. The number of unbranched alkanes of at least 4 members (excludes halogenated alkanes) is 1. The summed E-state index contributed by atoms with van der Waals surface area (Å²) < 4.78 is 115.